The lowest BCUT2D eigenvalue weighted by molar-refractivity contribution is 0.0606. The van der Waals surface area contributed by atoms with Crippen molar-refractivity contribution in [1.29, 1.82) is 0 Å². The minimum Gasteiger partial charge on any atom is -0.381 e. The molecule has 158 valence electrons. The lowest BCUT2D eigenvalue weighted by Crippen LogP contribution is -2.21. The molecule has 1 fully saturated rings. The van der Waals surface area contributed by atoms with Gasteiger partial charge in [-0.1, -0.05) is 11.6 Å². The number of benzene rings is 1. The van der Waals surface area contributed by atoms with Crippen LogP contribution in [0.2, 0.25) is 5.02 Å². The molecule has 1 N–H and O–H groups in total. The summed E-state index contributed by atoms with van der Waals surface area (Å²) in [6.07, 6.45) is 7.26. The van der Waals surface area contributed by atoms with Crippen LogP contribution in [0.1, 0.15) is 12.8 Å². The van der Waals surface area contributed by atoms with Gasteiger partial charge < -0.3 is 10.1 Å². The number of nitrogens with zero attached hydrogens (tertiary/aromatic N) is 4. The zero-order chi connectivity index (χ0) is 21.2. The molecule has 8 heteroatoms. The van der Waals surface area contributed by atoms with Gasteiger partial charge in [-0.05, 0) is 55.2 Å². The van der Waals surface area contributed by atoms with Crippen molar-refractivity contribution in [1.82, 2.24) is 19.7 Å². The van der Waals surface area contributed by atoms with Gasteiger partial charge in [-0.15, -0.1) is 0 Å². The minimum absolute atomic E-state index is 0.362. The number of ether oxygens (including phenoxy) is 1. The van der Waals surface area contributed by atoms with Gasteiger partial charge in [0.25, 0.3) is 0 Å². The molecule has 1 aliphatic heterocycles. The molecule has 0 aliphatic carbocycles. The van der Waals surface area contributed by atoms with Crippen LogP contribution in [0, 0.1) is 11.7 Å². The first-order chi connectivity index (χ1) is 15.2. The molecule has 5 rings (SSSR count). The van der Waals surface area contributed by atoms with E-state index in [1.807, 2.05) is 16.8 Å². The van der Waals surface area contributed by atoms with Crippen LogP contribution in [-0.2, 0) is 11.3 Å². The number of halogens is 2. The maximum Gasteiger partial charge on any atom is 0.132 e. The molecule has 1 aromatic carbocycles. The Bertz CT molecular complexity index is 1220. The molecule has 0 spiro atoms. The van der Waals surface area contributed by atoms with Crippen molar-refractivity contribution in [2.45, 2.75) is 19.4 Å². The van der Waals surface area contributed by atoms with E-state index in [4.69, 9.17) is 16.3 Å². The molecule has 0 unspecified atom stereocenters. The maximum absolute atomic E-state index is 14.3. The standard InChI is InChI=1S/C23H21ClFN5O/c24-16-1-2-19(25)18(11-16)21-12-17(3-7-26-21)29-20-4-8-27-22-13-28-30(23(20)22)14-15-5-9-31-10-6-15/h1-4,7-8,11-13,15H,5-6,9-10,14H2,(H,26,27,29). The number of fused-ring (bicyclic) bond motifs is 1. The molecule has 1 saturated heterocycles. The van der Waals surface area contributed by atoms with Crippen LogP contribution in [-0.4, -0.2) is 33.0 Å². The zero-order valence-electron chi connectivity index (χ0n) is 16.8. The highest BCUT2D eigenvalue weighted by Crippen LogP contribution is 2.30. The third-order valence-electron chi connectivity index (χ3n) is 5.55. The van der Waals surface area contributed by atoms with Crippen molar-refractivity contribution < 1.29 is 9.13 Å². The van der Waals surface area contributed by atoms with Gasteiger partial charge in [-0.25, -0.2) is 4.39 Å². The topological polar surface area (TPSA) is 64.9 Å². The van der Waals surface area contributed by atoms with Crippen molar-refractivity contribution in [3.8, 4) is 11.3 Å². The molecule has 1 aliphatic rings. The lowest BCUT2D eigenvalue weighted by Gasteiger charge is -2.22. The van der Waals surface area contributed by atoms with Gasteiger partial charge in [0, 0.05) is 48.4 Å². The van der Waals surface area contributed by atoms with E-state index in [-0.39, 0.29) is 5.82 Å². The third kappa shape index (κ3) is 4.24. The minimum atomic E-state index is -0.366. The van der Waals surface area contributed by atoms with E-state index < -0.39 is 0 Å². The summed E-state index contributed by atoms with van der Waals surface area (Å²) in [5.74, 6) is 0.165. The van der Waals surface area contributed by atoms with Crippen LogP contribution in [0.15, 0.2) is 55.0 Å². The summed E-state index contributed by atoms with van der Waals surface area (Å²) < 4.78 is 21.8. The highest BCUT2D eigenvalue weighted by Gasteiger charge is 2.18. The predicted octanol–water partition coefficient (Wildman–Crippen LogP) is 5.46. The average Bonchev–Trinajstić information content (AvgIpc) is 3.20. The Labute approximate surface area is 184 Å². The zero-order valence-corrected chi connectivity index (χ0v) is 17.5. The van der Waals surface area contributed by atoms with E-state index in [0.717, 1.165) is 55.0 Å². The summed E-state index contributed by atoms with van der Waals surface area (Å²) in [5, 5.41) is 8.47. The first kappa shape index (κ1) is 19.9. The van der Waals surface area contributed by atoms with E-state index in [1.54, 1.807) is 30.7 Å². The van der Waals surface area contributed by atoms with Crippen LogP contribution >= 0.6 is 11.6 Å². The Morgan fingerprint density at radius 3 is 2.81 bits per heavy atom. The molecule has 6 nitrogen and oxygen atoms in total. The summed E-state index contributed by atoms with van der Waals surface area (Å²) in [6, 6.07) is 10.0. The van der Waals surface area contributed by atoms with E-state index >= 15 is 0 Å². The van der Waals surface area contributed by atoms with Crippen molar-refractivity contribution in [2.24, 2.45) is 5.92 Å². The Kier molecular flexibility index (Phi) is 5.53. The van der Waals surface area contributed by atoms with Crippen molar-refractivity contribution in [3.05, 3.63) is 65.8 Å². The van der Waals surface area contributed by atoms with Gasteiger partial charge in [-0.2, -0.15) is 5.10 Å². The van der Waals surface area contributed by atoms with Gasteiger partial charge in [0.05, 0.1) is 17.6 Å². The number of anilines is 2. The SMILES string of the molecule is Fc1ccc(Cl)cc1-c1cc(Nc2ccnc3cnn(CC4CCOCC4)c23)ccn1. The second-order valence-corrected chi connectivity index (χ2v) is 8.09. The van der Waals surface area contributed by atoms with Gasteiger partial charge in [0.2, 0.25) is 0 Å². The number of rotatable bonds is 5. The Balaban J connectivity index is 1.47. The molecule has 0 saturated carbocycles. The summed E-state index contributed by atoms with van der Waals surface area (Å²) in [6.45, 7) is 2.42. The summed E-state index contributed by atoms with van der Waals surface area (Å²) in [5.41, 5.74) is 4.31. The second kappa shape index (κ2) is 8.61. The van der Waals surface area contributed by atoms with Crippen LogP contribution in [0.4, 0.5) is 15.8 Å². The first-order valence-electron chi connectivity index (χ1n) is 10.2. The first-order valence-corrected chi connectivity index (χ1v) is 10.6. The molecule has 0 radical (unpaired) electrons. The smallest absolute Gasteiger partial charge is 0.132 e. The normalized spacial score (nSPS) is 14.8. The van der Waals surface area contributed by atoms with Gasteiger partial charge in [0.1, 0.15) is 16.9 Å². The maximum atomic E-state index is 14.3. The molecule has 4 heterocycles. The van der Waals surface area contributed by atoms with Crippen molar-refractivity contribution in [2.75, 3.05) is 18.5 Å². The molecule has 0 atom stereocenters. The van der Waals surface area contributed by atoms with E-state index in [0.29, 0.717) is 22.2 Å². The summed E-state index contributed by atoms with van der Waals surface area (Å²) in [4.78, 5) is 8.78. The predicted molar refractivity (Wildman–Crippen MR) is 119 cm³/mol. The quantitative estimate of drug-likeness (QED) is 0.449. The van der Waals surface area contributed by atoms with E-state index in [9.17, 15) is 4.39 Å². The molecular formula is C23H21ClFN5O. The Morgan fingerprint density at radius 2 is 1.94 bits per heavy atom. The molecule has 3 aromatic heterocycles. The Morgan fingerprint density at radius 1 is 1.10 bits per heavy atom. The average molecular weight is 438 g/mol. The van der Waals surface area contributed by atoms with Crippen LogP contribution in [0.3, 0.4) is 0 Å². The fourth-order valence-electron chi connectivity index (χ4n) is 3.94. The number of nitrogens with one attached hydrogen (secondary N) is 1. The van der Waals surface area contributed by atoms with Crippen LogP contribution in [0.5, 0.6) is 0 Å². The molecule has 31 heavy (non-hydrogen) atoms. The van der Waals surface area contributed by atoms with E-state index in [2.05, 4.69) is 20.4 Å². The summed E-state index contributed by atoms with van der Waals surface area (Å²) in [7, 11) is 0. The third-order valence-corrected chi connectivity index (χ3v) is 5.78. The number of pyridine rings is 2. The van der Waals surface area contributed by atoms with Crippen molar-refractivity contribution in [3.63, 3.8) is 0 Å². The molecule has 0 bridgehead atoms. The number of hydrogen-bond donors (Lipinski definition) is 1. The van der Waals surface area contributed by atoms with Gasteiger partial charge in [-0.3, -0.25) is 14.6 Å². The van der Waals surface area contributed by atoms with E-state index in [1.165, 1.54) is 12.1 Å². The largest absolute Gasteiger partial charge is 0.381 e. The second-order valence-electron chi connectivity index (χ2n) is 7.65. The molecular weight excluding hydrogens is 417 g/mol. The number of aromatic nitrogens is 4. The van der Waals surface area contributed by atoms with Gasteiger partial charge >= 0.3 is 0 Å². The molecule has 0 amide bonds. The highest BCUT2D eigenvalue weighted by molar-refractivity contribution is 6.30. The fraction of sp³-hybridized carbons (Fsp3) is 0.261. The van der Waals surface area contributed by atoms with Crippen LogP contribution < -0.4 is 5.32 Å². The highest BCUT2D eigenvalue weighted by atomic mass is 35.5. The lowest BCUT2D eigenvalue weighted by atomic mass is 10.0. The van der Waals surface area contributed by atoms with Crippen molar-refractivity contribution >= 4 is 34.0 Å². The number of hydrogen-bond acceptors (Lipinski definition) is 5. The summed E-state index contributed by atoms with van der Waals surface area (Å²) >= 11 is 6.05. The molecule has 4 aromatic rings. The fourth-order valence-corrected chi connectivity index (χ4v) is 4.11. The van der Waals surface area contributed by atoms with Gasteiger partial charge in [0.15, 0.2) is 0 Å². The monoisotopic (exact) mass is 437 g/mol. The Hall–Kier alpha value is -3.03. The van der Waals surface area contributed by atoms with Crippen LogP contribution in [0.25, 0.3) is 22.3 Å².